The Hall–Kier alpha value is -1.46. The van der Waals surface area contributed by atoms with Crippen molar-refractivity contribution >= 4 is 11.6 Å². The van der Waals surface area contributed by atoms with Gasteiger partial charge in [0.15, 0.2) is 0 Å². The summed E-state index contributed by atoms with van der Waals surface area (Å²) in [6.45, 7) is 6.39. The van der Waals surface area contributed by atoms with Crippen molar-refractivity contribution in [1.29, 1.82) is 0 Å². The van der Waals surface area contributed by atoms with Crippen LogP contribution in [0.2, 0.25) is 0 Å². The van der Waals surface area contributed by atoms with Gasteiger partial charge in [0.05, 0.1) is 17.9 Å². The van der Waals surface area contributed by atoms with Crippen molar-refractivity contribution in [3.63, 3.8) is 0 Å². The lowest BCUT2D eigenvalue weighted by atomic mass is 10.2. The van der Waals surface area contributed by atoms with E-state index in [0.29, 0.717) is 13.0 Å². The molecule has 0 unspecified atom stereocenters. The van der Waals surface area contributed by atoms with E-state index in [1.165, 1.54) is 6.07 Å². The van der Waals surface area contributed by atoms with Gasteiger partial charge < -0.3 is 10.1 Å². The SMILES string of the molecule is C[C@@H]1CN(CCC(=O)Nc2ccccc2F)C[C@H](C)O1. The third-order valence-corrected chi connectivity index (χ3v) is 3.30. The van der Waals surface area contributed by atoms with Gasteiger partial charge in [-0.2, -0.15) is 0 Å². The normalized spacial score (nSPS) is 23.6. The molecule has 0 aromatic heterocycles. The highest BCUT2D eigenvalue weighted by Gasteiger charge is 2.22. The minimum absolute atomic E-state index is 0.165. The van der Waals surface area contributed by atoms with E-state index in [1.807, 2.05) is 13.8 Å². The Balaban J connectivity index is 1.79. The highest BCUT2D eigenvalue weighted by molar-refractivity contribution is 5.90. The number of anilines is 1. The Morgan fingerprint density at radius 3 is 2.65 bits per heavy atom. The van der Waals surface area contributed by atoms with E-state index >= 15 is 0 Å². The van der Waals surface area contributed by atoms with Crippen LogP contribution in [0.3, 0.4) is 0 Å². The van der Waals surface area contributed by atoms with Gasteiger partial charge in [-0.15, -0.1) is 0 Å². The van der Waals surface area contributed by atoms with Crippen LogP contribution in [0.4, 0.5) is 10.1 Å². The molecular weight excluding hydrogens is 259 g/mol. The molecule has 4 nitrogen and oxygen atoms in total. The van der Waals surface area contributed by atoms with E-state index in [4.69, 9.17) is 4.74 Å². The van der Waals surface area contributed by atoms with Crippen LogP contribution in [0.25, 0.3) is 0 Å². The Kier molecular flexibility index (Phi) is 5.09. The van der Waals surface area contributed by atoms with Crippen LogP contribution in [0.15, 0.2) is 24.3 Å². The summed E-state index contributed by atoms with van der Waals surface area (Å²) >= 11 is 0. The number of benzene rings is 1. The quantitative estimate of drug-likeness (QED) is 0.920. The average molecular weight is 280 g/mol. The van der Waals surface area contributed by atoms with Crippen LogP contribution in [0.5, 0.6) is 0 Å². The number of rotatable bonds is 4. The first kappa shape index (κ1) is 14.9. The minimum Gasteiger partial charge on any atom is -0.373 e. The molecular formula is C15H21FN2O2. The van der Waals surface area contributed by atoms with E-state index in [1.54, 1.807) is 18.2 Å². The Morgan fingerprint density at radius 2 is 2.00 bits per heavy atom. The van der Waals surface area contributed by atoms with Crippen LogP contribution >= 0.6 is 0 Å². The molecule has 0 saturated carbocycles. The maximum atomic E-state index is 13.4. The second-order valence-corrected chi connectivity index (χ2v) is 5.29. The number of nitrogens with one attached hydrogen (secondary N) is 1. The second kappa shape index (κ2) is 6.81. The fourth-order valence-corrected chi connectivity index (χ4v) is 2.50. The number of halogens is 1. The predicted molar refractivity (Wildman–Crippen MR) is 76.1 cm³/mol. The molecule has 1 amide bonds. The van der Waals surface area contributed by atoms with Gasteiger partial charge in [-0.3, -0.25) is 9.69 Å². The Labute approximate surface area is 118 Å². The third kappa shape index (κ3) is 4.28. The summed E-state index contributed by atoms with van der Waals surface area (Å²) in [6, 6.07) is 6.19. The molecule has 20 heavy (non-hydrogen) atoms. The van der Waals surface area contributed by atoms with Crippen LogP contribution in [-0.2, 0) is 9.53 Å². The zero-order valence-corrected chi connectivity index (χ0v) is 11.9. The molecule has 1 saturated heterocycles. The van der Waals surface area contributed by atoms with Crippen molar-refractivity contribution in [2.75, 3.05) is 25.0 Å². The summed E-state index contributed by atoms with van der Waals surface area (Å²) in [7, 11) is 0. The number of amides is 1. The topological polar surface area (TPSA) is 41.6 Å². The lowest BCUT2D eigenvalue weighted by Crippen LogP contribution is -2.46. The number of morpholine rings is 1. The number of ether oxygens (including phenoxy) is 1. The molecule has 0 radical (unpaired) electrons. The van der Waals surface area contributed by atoms with Gasteiger partial charge in [-0.05, 0) is 26.0 Å². The summed E-state index contributed by atoms with van der Waals surface area (Å²) in [5, 5.41) is 2.60. The zero-order chi connectivity index (χ0) is 14.5. The van der Waals surface area contributed by atoms with Gasteiger partial charge in [-0.1, -0.05) is 12.1 Å². The number of carbonyl (C=O) groups excluding carboxylic acids is 1. The van der Waals surface area contributed by atoms with E-state index in [0.717, 1.165) is 13.1 Å². The number of nitrogens with zero attached hydrogens (tertiary/aromatic N) is 1. The first-order valence-corrected chi connectivity index (χ1v) is 6.97. The largest absolute Gasteiger partial charge is 0.373 e. The summed E-state index contributed by atoms with van der Waals surface area (Å²) < 4.78 is 19.0. The van der Waals surface area contributed by atoms with E-state index in [2.05, 4.69) is 10.2 Å². The molecule has 5 heteroatoms. The van der Waals surface area contributed by atoms with Crippen LogP contribution in [-0.4, -0.2) is 42.6 Å². The Bertz CT molecular complexity index is 457. The minimum atomic E-state index is -0.408. The van der Waals surface area contributed by atoms with Crippen molar-refractivity contribution in [3.8, 4) is 0 Å². The van der Waals surface area contributed by atoms with Crippen LogP contribution in [0.1, 0.15) is 20.3 Å². The fourth-order valence-electron chi connectivity index (χ4n) is 2.50. The van der Waals surface area contributed by atoms with Gasteiger partial charge in [0.25, 0.3) is 0 Å². The Morgan fingerprint density at radius 1 is 1.35 bits per heavy atom. The van der Waals surface area contributed by atoms with Gasteiger partial charge in [0.1, 0.15) is 5.82 Å². The van der Waals surface area contributed by atoms with Crippen molar-refractivity contribution in [2.24, 2.45) is 0 Å². The smallest absolute Gasteiger partial charge is 0.225 e. The first-order chi connectivity index (χ1) is 9.54. The number of carbonyl (C=O) groups is 1. The van der Waals surface area contributed by atoms with Gasteiger partial charge >= 0.3 is 0 Å². The maximum absolute atomic E-state index is 13.4. The molecule has 110 valence electrons. The highest BCUT2D eigenvalue weighted by atomic mass is 19.1. The van der Waals surface area contributed by atoms with Crippen LogP contribution in [0, 0.1) is 5.82 Å². The van der Waals surface area contributed by atoms with Crippen molar-refractivity contribution in [1.82, 2.24) is 4.90 Å². The lowest BCUT2D eigenvalue weighted by molar-refractivity contribution is -0.117. The molecule has 1 heterocycles. The van der Waals surface area contributed by atoms with Crippen molar-refractivity contribution < 1.29 is 13.9 Å². The van der Waals surface area contributed by atoms with Crippen molar-refractivity contribution in [3.05, 3.63) is 30.1 Å². The number of para-hydroxylation sites is 1. The average Bonchev–Trinajstić information content (AvgIpc) is 2.38. The monoisotopic (exact) mass is 280 g/mol. The molecule has 1 N–H and O–H groups in total. The van der Waals surface area contributed by atoms with E-state index in [9.17, 15) is 9.18 Å². The second-order valence-electron chi connectivity index (χ2n) is 5.29. The zero-order valence-electron chi connectivity index (χ0n) is 11.9. The molecule has 1 fully saturated rings. The van der Waals surface area contributed by atoms with Gasteiger partial charge in [0, 0.05) is 26.1 Å². The third-order valence-electron chi connectivity index (χ3n) is 3.30. The molecule has 1 aliphatic heterocycles. The summed E-state index contributed by atoms with van der Waals surface area (Å²) in [6.07, 6.45) is 0.732. The van der Waals surface area contributed by atoms with Gasteiger partial charge in [0.2, 0.25) is 5.91 Å². The van der Waals surface area contributed by atoms with E-state index < -0.39 is 5.82 Å². The fraction of sp³-hybridized carbons (Fsp3) is 0.533. The number of hydrogen-bond acceptors (Lipinski definition) is 3. The molecule has 0 aliphatic carbocycles. The van der Waals surface area contributed by atoms with E-state index in [-0.39, 0.29) is 23.8 Å². The standard InChI is InChI=1S/C15H21FN2O2/c1-11-9-18(10-12(2)20-11)8-7-15(19)17-14-6-4-3-5-13(14)16/h3-6,11-12H,7-10H2,1-2H3,(H,17,19)/t11-,12+. The maximum Gasteiger partial charge on any atom is 0.225 e. The summed E-state index contributed by atoms with van der Waals surface area (Å²) in [4.78, 5) is 14.0. The first-order valence-electron chi connectivity index (χ1n) is 6.97. The predicted octanol–water partition coefficient (Wildman–Crippen LogP) is 2.26. The molecule has 1 aromatic carbocycles. The molecule has 2 rings (SSSR count). The van der Waals surface area contributed by atoms with Gasteiger partial charge in [-0.25, -0.2) is 4.39 Å². The summed E-state index contributed by atoms with van der Waals surface area (Å²) in [5.41, 5.74) is 0.237. The molecule has 0 spiro atoms. The molecule has 1 aromatic rings. The molecule has 2 atom stereocenters. The lowest BCUT2D eigenvalue weighted by Gasteiger charge is -2.35. The van der Waals surface area contributed by atoms with Crippen molar-refractivity contribution in [2.45, 2.75) is 32.5 Å². The van der Waals surface area contributed by atoms with Crippen LogP contribution < -0.4 is 5.32 Å². The molecule has 1 aliphatic rings. The highest BCUT2D eigenvalue weighted by Crippen LogP contribution is 2.14. The number of hydrogen-bond donors (Lipinski definition) is 1. The summed E-state index contributed by atoms with van der Waals surface area (Å²) in [5.74, 6) is -0.573. The molecule has 0 bridgehead atoms.